The average molecular weight is 303 g/mol. The quantitative estimate of drug-likeness (QED) is 0.773. The second-order valence-corrected chi connectivity index (χ2v) is 5.66. The number of hydrogen-bond acceptors (Lipinski definition) is 5. The fourth-order valence-corrected chi connectivity index (χ4v) is 2.83. The van der Waals surface area contributed by atoms with Crippen LogP contribution in [0.5, 0.6) is 0 Å². The summed E-state index contributed by atoms with van der Waals surface area (Å²) in [4.78, 5) is 21.1. The summed E-state index contributed by atoms with van der Waals surface area (Å²) in [6.07, 6.45) is 1.43. The van der Waals surface area contributed by atoms with Gasteiger partial charge in [-0.1, -0.05) is 0 Å². The van der Waals surface area contributed by atoms with Gasteiger partial charge in [0.15, 0.2) is 0 Å². The van der Waals surface area contributed by atoms with Crippen molar-refractivity contribution in [3.8, 4) is 0 Å². The SMILES string of the molecule is Cc1cc2c(Nc3ccc(C(=O)O)c(F)c3)ncnc2s1. The molecule has 0 fully saturated rings. The molecule has 2 aromatic heterocycles. The summed E-state index contributed by atoms with van der Waals surface area (Å²) in [6.45, 7) is 1.97. The second-order valence-electron chi connectivity index (χ2n) is 4.42. The average Bonchev–Trinajstić information content (AvgIpc) is 2.80. The van der Waals surface area contributed by atoms with Gasteiger partial charge < -0.3 is 10.4 Å². The highest BCUT2D eigenvalue weighted by Crippen LogP contribution is 2.29. The highest BCUT2D eigenvalue weighted by molar-refractivity contribution is 7.18. The first-order chi connectivity index (χ1) is 10.0. The maximum atomic E-state index is 13.7. The van der Waals surface area contributed by atoms with Crippen molar-refractivity contribution in [3.05, 3.63) is 46.9 Å². The minimum atomic E-state index is -1.29. The molecule has 0 saturated carbocycles. The van der Waals surface area contributed by atoms with E-state index in [9.17, 15) is 9.18 Å². The first-order valence-electron chi connectivity index (χ1n) is 6.05. The van der Waals surface area contributed by atoms with Gasteiger partial charge in [-0.05, 0) is 31.2 Å². The molecule has 0 unspecified atom stereocenters. The Morgan fingerprint density at radius 1 is 1.33 bits per heavy atom. The van der Waals surface area contributed by atoms with Gasteiger partial charge in [-0.3, -0.25) is 0 Å². The lowest BCUT2D eigenvalue weighted by atomic mass is 10.2. The number of thiophene rings is 1. The zero-order chi connectivity index (χ0) is 15.0. The maximum absolute atomic E-state index is 13.7. The van der Waals surface area contributed by atoms with Crippen LogP contribution in [-0.4, -0.2) is 21.0 Å². The molecule has 0 atom stereocenters. The fourth-order valence-electron chi connectivity index (χ4n) is 1.98. The molecule has 7 heteroatoms. The molecule has 0 bridgehead atoms. The van der Waals surface area contributed by atoms with Crippen LogP contribution >= 0.6 is 11.3 Å². The van der Waals surface area contributed by atoms with Gasteiger partial charge in [0.05, 0.1) is 10.9 Å². The molecule has 2 N–H and O–H groups in total. The largest absolute Gasteiger partial charge is 0.478 e. The highest BCUT2D eigenvalue weighted by atomic mass is 32.1. The van der Waals surface area contributed by atoms with Gasteiger partial charge in [0, 0.05) is 10.6 Å². The Balaban J connectivity index is 1.99. The van der Waals surface area contributed by atoms with E-state index in [2.05, 4.69) is 15.3 Å². The fraction of sp³-hybridized carbons (Fsp3) is 0.0714. The summed E-state index contributed by atoms with van der Waals surface area (Å²) in [6, 6.07) is 5.80. The first kappa shape index (κ1) is 13.4. The van der Waals surface area contributed by atoms with Crippen molar-refractivity contribution in [3.63, 3.8) is 0 Å². The molecular weight excluding hydrogens is 293 g/mol. The first-order valence-corrected chi connectivity index (χ1v) is 6.87. The Morgan fingerprint density at radius 2 is 2.14 bits per heavy atom. The molecule has 2 heterocycles. The molecule has 0 radical (unpaired) electrons. The van der Waals surface area contributed by atoms with Crippen molar-refractivity contribution in [2.45, 2.75) is 6.92 Å². The van der Waals surface area contributed by atoms with Gasteiger partial charge in [-0.25, -0.2) is 19.2 Å². The number of aryl methyl sites for hydroxylation is 1. The Hall–Kier alpha value is -2.54. The summed E-state index contributed by atoms with van der Waals surface area (Å²) in [5.41, 5.74) is 0.0705. The predicted molar refractivity (Wildman–Crippen MR) is 78.8 cm³/mol. The number of hydrogen-bond donors (Lipinski definition) is 2. The molecule has 0 aliphatic heterocycles. The lowest BCUT2D eigenvalue weighted by Crippen LogP contribution is -2.02. The van der Waals surface area contributed by atoms with E-state index in [0.717, 1.165) is 21.2 Å². The number of halogens is 1. The third kappa shape index (κ3) is 2.55. The van der Waals surface area contributed by atoms with Crippen LogP contribution in [0.2, 0.25) is 0 Å². The van der Waals surface area contributed by atoms with Crippen molar-refractivity contribution in [2.24, 2.45) is 0 Å². The summed E-state index contributed by atoms with van der Waals surface area (Å²) in [5.74, 6) is -1.52. The molecular formula is C14H10FN3O2S. The zero-order valence-corrected chi connectivity index (χ0v) is 11.7. The number of rotatable bonds is 3. The number of carbonyl (C=O) groups is 1. The van der Waals surface area contributed by atoms with Gasteiger partial charge in [0.25, 0.3) is 0 Å². The van der Waals surface area contributed by atoms with Crippen LogP contribution in [0.15, 0.2) is 30.6 Å². The number of carboxylic acid groups (broad SMARTS) is 1. The normalized spacial score (nSPS) is 10.8. The monoisotopic (exact) mass is 303 g/mol. The smallest absolute Gasteiger partial charge is 0.338 e. The van der Waals surface area contributed by atoms with E-state index >= 15 is 0 Å². The Bertz CT molecular complexity index is 847. The van der Waals surface area contributed by atoms with E-state index in [1.165, 1.54) is 18.5 Å². The number of benzene rings is 1. The van der Waals surface area contributed by atoms with E-state index < -0.39 is 11.8 Å². The van der Waals surface area contributed by atoms with Gasteiger partial charge in [0.2, 0.25) is 0 Å². The van der Waals surface area contributed by atoms with Crippen LogP contribution < -0.4 is 5.32 Å². The molecule has 3 aromatic rings. The van der Waals surface area contributed by atoms with E-state index in [1.807, 2.05) is 13.0 Å². The standard InChI is InChI=1S/C14H10FN3O2S/c1-7-4-10-12(16-6-17-13(10)21-7)18-8-2-3-9(14(19)20)11(15)5-8/h2-6H,1H3,(H,19,20)(H,16,17,18). The van der Waals surface area contributed by atoms with Crippen LogP contribution in [0.4, 0.5) is 15.9 Å². The van der Waals surface area contributed by atoms with Crippen LogP contribution in [0, 0.1) is 12.7 Å². The summed E-state index contributed by atoms with van der Waals surface area (Å²) in [5, 5.41) is 12.7. The maximum Gasteiger partial charge on any atom is 0.338 e. The molecule has 21 heavy (non-hydrogen) atoms. The lowest BCUT2D eigenvalue weighted by molar-refractivity contribution is 0.0692. The van der Waals surface area contributed by atoms with Gasteiger partial charge in [-0.15, -0.1) is 11.3 Å². The van der Waals surface area contributed by atoms with E-state index in [1.54, 1.807) is 11.3 Å². The topological polar surface area (TPSA) is 75.1 Å². The van der Waals surface area contributed by atoms with Crippen molar-refractivity contribution in [1.82, 2.24) is 9.97 Å². The van der Waals surface area contributed by atoms with Crippen LogP contribution in [0.25, 0.3) is 10.2 Å². The number of aromatic carboxylic acids is 1. The Labute approximate surface area is 123 Å². The van der Waals surface area contributed by atoms with Crippen molar-refractivity contribution in [2.75, 3.05) is 5.32 Å². The van der Waals surface area contributed by atoms with E-state index in [-0.39, 0.29) is 5.56 Å². The lowest BCUT2D eigenvalue weighted by Gasteiger charge is -2.07. The van der Waals surface area contributed by atoms with Crippen molar-refractivity contribution >= 4 is 39.0 Å². The minimum absolute atomic E-state index is 0.361. The number of fused-ring (bicyclic) bond motifs is 1. The summed E-state index contributed by atoms with van der Waals surface area (Å²) >= 11 is 1.54. The molecule has 0 saturated heterocycles. The van der Waals surface area contributed by atoms with E-state index in [4.69, 9.17) is 5.11 Å². The molecule has 0 aliphatic carbocycles. The zero-order valence-electron chi connectivity index (χ0n) is 10.9. The number of anilines is 2. The number of carboxylic acids is 1. The predicted octanol–water partition coefficient (Wildman–Crippen LogP) is 3.58. The molecule has 3 rings (SSSR count). The highest BCUT2D eigenvalue weighted by Gasteiger charge is 2.12. The summed E-state index contributed by atoms with van der Waals surface area (Å²) < 4.78 is 13.7. The van der Waals surface area contributed by atoms with Crippen molar-refractivity contribution < 1.29 is 14.3 Å². The Kier molecular flexibility index (Phi) is 3.26. The van der Waals surface area contributed by atoms with Gasteiger partial charge in [-0.2, -0.15) is 0 Å². The third-order valence-corrected chi connectivity index (χ3v) is 3.87. The number of nitrogens with one attached hydrogen (secondary N) is 1. The van der Waals surface area contributed by atoms with Crippen molar-refractivity contribution in [1.29, 1.82) is 0 Å². The molecule has 106 valence electrons. The van der Waals surface area contributed by atoms with Crippen LogP contribution in [0.1, 0.15) is 15.2 Å². The number of nitrogens with zero attached hydrogens (tertiary/aromatic N) is 2. The van der Waals surface area contributed by atoms with Crippen LogP contribution in [-0.2, 0) is 0 Å². The van der Waals surface area contributed by atoms with Gasteiger partial charge >= 0.3 is 5.97 Å². The molecule has 0 amide bonds. The molecule has 0 aliphatic rings. The Morgan fingerprint density at radius 3 is 2.86 bits per heavy atom. The molecule has 5 nitrogen and oxygen atoms in total. The number of aromatic nitrogens is 2. The molecule has 0 spiro atoms. The summed E-state index contributed by atoms with van der Waals surface area (Å²) in [7, 11) is 0. The molecule has 1 aromatic carbocycles. The second kappa shape index (κ2) is 5.10. The third-order valence-electron chi connectivity index (χ3n) is 2.91. The minimum Gasteiger partial charge on any atom is -0.478 e. The van der Waals surface area contributed by atoms with Crippen LogP contribution in [0.3, 0.4) is 0 Å². The van der Waals surface area contributed by atoms with Gasteiger partial charge in [0.1, 0.15) is 22.8 Å². The van der Waals surface area contributed by atoms with E-state index in [0.29, 0.717) is 11.5 Å².